The summed E-state index contributed by atoms with van der Waals surface area (Å²) < 4.78 is 5.87. The van der Waals surface area contributed by atoms with E-state index in [-0.39, 0.29) is 11.4 Å². The van der Waals surface area contributed by atoms with E-state index in [1.807, 2.05) is 0 Å². The molecule has 0 heterocycles. The van der Waals surface area contributed by atoms with Gasteiger partial charge in [-0.25, -0.2) is 0 Å². The Morgan fingerprint density at radius 2 is 1.58 bits per heavy atom. The van der Waals surface area contributed by atoms with Gasteiger partial charge in [0.15, 0.2) is 0 Å². The van der Waals surface area contributed by atoms with Crippen molar-refractivity contribution >= 4 is 5.97 Å². The maximum absolute atomic E-state index is 12.0. The monoisotopic (exact) mass is 524 g/mol. The summed E-state index contributed by atoms with van der Waals surface area (Å²) in [4.78, 5) is 12.0. The minimum atomic E-state index is -0.104. The Morgan fingerprint density at radius 3 is 2.21 bits per heavy atom. The van der Waals surface area contributed by atoms with E-state index in [1.165, 1.54) is 82.6 Å². The summed E-state index contributed by atoms with van der Waals surface area (Å²) in [7, 11) is 0. The molecule has 5 aliphatic rings. The number of rotatable bonds is 6. The molecule has 0 aromatic rings. The molecule has 0 radical (unpaired) electrons. The van der Waals surface area contributed by atoms with E-state index < -0.39 is 0 Å². The highest BCUT2D eigenvalue weighted by Gasteiger charge is 2.71. The molecule has 0 aromatic carbocycles. The first-order valence-corrected chi connectivity index (χ1v) is 16.7. The van der Waals surface area contributed by atoms with Crippen molar-refractivity contribution < 1.29 is 9.53 Å². The van der Waals surface area contributed by atoms with Crippen molar-refractivity contribution in [3.05, 3.63) is 12.2 Å². The van der Waals surface area contributed by atoms with Crippen molar-refractivity contribution in [1.82, 2.24) is 0 Å². The summed E-state index contributed by atoms with van der Waals surface area (Å²) in [6, 6.07) is 0. The van der Waals surface area contributed by atoms with Gasteiger partial charge < -0.3 is 4.74 Å². The van der Waals surface area contributed by atoms with Crippen molar-refractivity contribution in [3.8, 4) is 0 Å². The summed E-state index contributed by atoms with van der Waals surface area (Å²) in [5, 5.41) is 0. The van der Waals surface area contributed by atoms with Crippen molar-refractivity contribution in [1.29, 1.82) is 0 Å². The van der Waals surface area contributed by atoms with Crippen LogP contribution in [0, 0.1) is 62.6 Å². The number of ether oxygens (including phenoxy) is 1. The number of esters is 1. The lowest BCUT2D eigenvalue weighted by Gasteiger charge is -2.73. The first kappa shape index (κ1) is 28.7. The fourth-order valence-electron chi connectivity index (χ4n) is 13.1. The van der Waals surface area contributed by atoms with Gasteiger partial charge in [0.2, 0.25) is 0 Å². The van der Waals surface area contributed by atoms with Crippen LogP contribution in [0.3, 0.4) is 0 Å². The minimum Gasteiger partial charge on any atom is -0.465 e. The summed E-state index contributed by atoms with van der Waals surface area (Å²) >= 11 is 0. The van der Waals surface area contributed by atoms with E-state index in [1.54, 1.807) is 6.92 Å². The van der Waals surface area contributed by atoms with Crippen LogP contribution in [-0.4, -0.2) is 12.6 Å². The lowest BCUT2D eigenvalue weighted by atomic mass is 9.31. The van der Waals surface area contributed by atoms with Gasteiger partial charge in [-0.05, 0) is 128 Å². The average molecular weight is 525 g/mol. The van der Waals surface area contributed by atoms with Crippen LogP contribution < -0.4 is 0 Å². The normalized spacial score (nSPS) is 51.8. The Balaban J connectivity index is 1.52. The maximum atomic E-state index is 12.0. The molecule has 5 aliphatic carbocycles. The van der Waals surface area contributed by atoms with Crippen LogP contribution in [0.4, 0.5) is 0 Å². The molecule has 5 saturated carbocycles. The highest BCUT2D eigenvalue weighted by atomic mass is 16.5. The molecule has 5 rings (SSSR count). The van der Waals surface area contributed by atoms with Crippen molar-refractivity contribution in [2.75, 3.05) is 6.61 Å². The number of carbonyl (C=O) groups excluding carboxylic acids is 1. The third-order valence-electron chi connectivity index (χ3n) is 15.4. The van der Waals surface area contributed by atoms with Crippen LogP contribution in [0.2, 0.25) is 0 Å². The second kappa shape index (κ2) is 9.65. The van der Waals surface area contributed by atoms with Crippen LogP contribution >= 0.6 is 0 Å². The topological polar surface area (TPSA) is 26.3 Å². The molecule has 0 aromatic heterocycles. The summed E-state index contributed by atoms with van der Waals surface area (Å²) in [5.41, 5.74) is 3.39. The predicted octanol–water partition coefficient (Wildman–Crippen LogP) is 10.0. The summed E-state index contributed by atoms with van der Waals surface area (Å²) in [6.45, 7) is 25.1. The molecule has 0 bridgehead atoms. The van der Waals surface area contributed by atoms with E-state index in [0.717, 1.165) is 30.1 Å². The summed E-state index contributed by atoms with van der Waals surface area (Å²) in [5.74, 6) is 4.49. The first-order valence-electron chi connectivity index (χ1n) is 16.7. The van der Waals surface area contributed by atoms with E-state index in [0.29, 0.717) is 40.1 Å². The molecule has 5 fully saturated rings. The number of carbonyl (C=O) groups is 1. The molecule has 216 valence electrons. The van der Waals surface area contributed by atoms with Crippen LogP contribution in [0.5, 0.6) is 0 Å². The van der Waals surface area contributed by atoms with Crippen LogP contribution in [-0.2, 0) is 9.53 Å². The second-order valence-electron chi connectivity index (χ2n) is 16.0. The quantitative estimate of drug-likeness (QED) is 0.255. The third kappa shape index (κ3) is 3.72. The Labute approximate surface area is 235 Å². The van der Waals surface area contributed by atoms with Gasteiger partial charge in [0.05, 0.1) is 6.61 Å². The Kier molecular flexibility index (Phi) is 7.29. The van der Waals surface area contributed by atoms with Gasteiger partial charge in [-0.15, -0.1) is 0 Å². The molecule has 38 heavy (non-hydrogen) atoms. The third-order valence-corrected chi connectivity index (χ3v) is 15.4. The van der Waals surface area contributed by atoms with E-state index in [4.69, 9.17) is 4.74 Å². The molecule has 2 nitrogen and oxygen atoms in total. The molecule has 11 unspecified atom stereocenters. The predicted molar refractivity (Wildman–Crippen MR) is 159 cm³/mol. The van der Waals surface area contributed by atoms with Gasteiger partial charge in [-0.2, -0.15) is 0 Å². The number of fused-ring (bicyclic) bond motifs is 7. The highest BCUT2D eigenvalue weighted by Crippen LogP contribution is 2.78. The first-order chi connectivity index (χ1) is 17.9. The minimum absolute atomic E-state index is 0.104. The molecule has 0 amide bonds. The van der Waals surface area contributed by atoms with E-state index >= 15 is 0 Å². The van der Waals surface area contributed by atoms with Crippen LogP contribution in [0.15, 0.2) is 12.2 Å². The zero-order chi connectivity index (χ0) is 27.7. The van der Waals surface area contributed by atoms with E-state index in [2.05, 4.69) is 55.0 Å². The Hall–Kier alpha value is -0.790. The van der Waals surface area contributed by atoms with Gasteiger partial charge in [0.25, 0.3) is 0 Å². The standard InChI is InChI=1S/C36H60O2/c1-10-24(4)27-16-20-36(23-38-25(5)37)22-21-34(8)28(31(27)36)13-14-30-33(7)18-15-26(11-2)32(6,12-3)29(33)17-19-35(30,34)9/h26-31H,4,10-23H2,1-3,5-9H3. The van der Waals surface area contributed by atoms with Gasteiger partial charge >= 0.3 is 5.97 Å². The molecule has 0 N–H and O–H groups in total. The number of hydrogen-bond acceptors (Lipinski definition) is 2. The van der Waals surface area contributed by atoms with Gasteiger partial charge in [-0.1, -0.05) is 73.5 Å². The summed E-state index contributed by atoms with van der Waals surface area (Å²) in [6.07, 6.45) is 17.3. The Bertz CT molecular complexity index is 938. The lowest BCUT2D eigenvalue weighted by molar-refractivity contribution is -0.247. The largest absolute Gasteiger partial charge is 0.465 e. The fourth-order valence-corrected chi connectivity index (χ4v) is 13.1. The smallest absolute Gasteiger partial charge is 0.302 e. The molecule has 11 atom stereocenters. The van der Waals surface area contributed by atoms with Crippen LogP contribution in [0.1, 0.15) is 139 Å². The van der Waals surface area contributed by atoms with Crippen LogP contribution in [0.25, 0.3) is 0 Å². The Morgan fingerprint density at radius 1 is 0.842 bits per heavy atom. The second-order valence-corrected chi connectivity index (χ2v) is 16.0. The molecule has 0 saturated heterocycles. The SMILES string of the molecule is C=C(CC)C1CCC2(COC(C)=O)CCC3(C)C(CCC4C5(C)CCC(CC)C(C)(CC)C5CCC43C)C12. The zero-order valence-corrected chi connectivity index (χ0v) is 26.4. The van der Waals surface area contributed by atoms with Gasteiger partial charge in [0, 0.05) is 12.3 Å². The fraction of sp³-hybridized carbons (Fsp3) is 0.917. The number of allylic oxidation sites excluding steroid dienone is 1. The zero-order valence-electron chi connectivity index (χ0n) is 26.4. The molecular formula is C36H60O2. The highest BCUT2D eigenvalue weighted by molar-refractivity contribution is 5.65. The van der Waals surface area contributed by atoms with Crippen molar-refractivity contribution in [2.24, 2.45) is 62.6 Å². The number of hydrogen-bond donors (Lipinski definition) is 0. The molecule has 0 aliphatic heterocycles. The average Bonchev–Trinajstić information content (AvgIpc) is 3.27. The van der Waals surface area contributed by atoms with Gasteiger partial charge in [-0.3, -0.25) is 4.79 Å². The van der Waals surface area contributed by atoms with Gasteiger partial charge in [0.1, 0.15) is 0 Å². The molecule has 2 heteroatoms. The molecule has 0 spiro atoms. The van der Waals surface area contributed by atoms with E-state index in [9.17, 15) is 4.79 Å². The van der Waals surface area contributed by atoms with Crippen molar-refractivity contribution in [3.63, 3.8) is 0 Å². The maximum Gasteiger partial charge on any atom is 0.302 e. The molecular weight excluding hydrogens is 464 g/mol. The lowest BCUT2D eigenvalue weighted by Crippen LogP contribution is -2.66. The van der Waals surface area contributed by atoms with Crippen molar-refractivity contribution in [2.45, 2.75) is 139 Å².